The Bertz CT molecular complexity index is 664. The van der Waals surface area contributed by atoms with Gasteiger partial charge in [0.05, 0.1) is 12.3 Å². The molecular formula is C15H17N3O2S. The molecule has 0 bridgehead atoms. The number of aliphatic hydroxyl groups excluding tert-OH is 1. The lowest BCUT2D eigenvalue weighted by Crippen LogP contribution is -2.25. The molecule has 0 radical (unpaired) electrons. The number of aryl methyl sites for hydroxylation is 1. The molecule has 5 nitrogen and oxygen atoms in total. The minimum Gasteiger partial charge on any atom is -0.395 e. The van der Waals surface area contributed by atoms with Crippen molar-refractivity contribution in [1.82, 2.24) is 15.1 Å². The molecule has 0 aliphatic carbocycles. The maximum atomic E-state index is 12.1. The van der Waals surface area contributed by atoms with Crippen molar-refractivity contribution in [3.05, 3.63) is 39.8 Å². The smallest absolute Gasteiger partial charge is 0.262 e. The fourth-order valence-electron chi connectivity index (χ4n) is 1.78. The first-order valence-corrected chi connectivity index (χ1v) is 7.52. The fraction of sp³-hybridized carbons (Fsp3) is 0.333. The summed E-state index contributed by atoms with van der Waals surface area (Å²) in [6.07, 6.45) is 2.99. The van der Waals surface area contributed by atoms with Crippen LogP contribution in [0, 0.1) is 11.8 Å². The molecule has 6 heteroatoms. The topological polar surface area (TPSA) is 67.2 Å². The van der Waals surface area contributed by atoms with Gasteiger partial charge in [0.25, 0.3) is 5.91 Å². The van der Waals surface area contributed by atoms with Crippen LogP contribution in [0.15, 0.2) is 23.7 Å². The SMILES string of the molecule is Cn1ccc(CCNC(=O)c2sccc2C#CCCO)n1. The van der Waals surface area contributed by atoms with E-state index in [2.05, 4.69) is 22.3 Å². The van der Waals surface area contributed by atoms with Gasteiger partial charge in [0.15, 0.2) is 0 Å². The second-order valence-corrected chi connectivity index (χ2v) is 5.34. The summed E-state index contributed by atoms with van der Waals surface area (Å²) < 4.78 is 1.74. The average Bonchev–Trinajstić information content (AvgIpc) is 3.08. The predicted molar refractivity (Wildman–Crippen MR) is 82.1 cm³/mol. The van der Waals surface area contributed by atoms with Gasteiger partial charge in [0, 0.05) is 38.2 Å². The molecule has 0 spiro atoms. The highest BCUT2D eigenvalue weighted by Crippen LogP contribution is 2.15. The van der Waals surface area contributed by atoms with E-state index < -0.39 is 0 Å². The lowest BCUT2D eigenvalue weighted by Gasteiger charge is -2.02. The second-order valence-electron chi connectivity index (χ2n) is 4.43. The van der Waals surface area contributed by atoms with Gasteiger partial charge < -0.3 is 10.4 Å². The molecule has 0 aliphatic rings. The Morgan fingerprint density at radius 3 is 3.10 bits per heavy atom. The first kappa shape index (κ1) is 15.3. The monoisotopic (exact) mass is 303 g/mol. The molecule has 0 unspecified atom stereocenters. The van der Waals surface area contributed by atoms with Gasteiger partial charge in [-0.15, -0.1) is 11.3 Å². The van der Waals surface area contributed by atoms with Crippen LogP contribution in [0.3, 0.4) is 0 Å². The molecule has 0 fully saturated rings. The standard InChI is InChI=1S/C15H17N3O2S/c1-18-9-6-13(17-18)5-8-16-15(20)14-12(7-11-21-14)4-2-3-10-19/h6-7,9,11,19H,3,5,8,10H2,1H3,(H,16,20). The summed E-state index contributed by atoms with van der Waals surface area (Å²) in [7, 11) is 1.87. The number of aliphatic hydroxyl groups is 1. The van der Waals surface area contributed by atoms with Crippen molar-refractivity contribution in [2.75, 3.05) is 13.2 Å². The number of aromatic nitrogens is 2. The van der Waals surface area contributed by atoms with Gasteiger partial charge in [0.1, 0.15) is 4.88 Å². The minimum absolute atomic E-state index is 0.0305. The van der Waals surface area contributed by atoms with Crippen LogP contribution < -0.4 is 5.32 Å². The van der Waals surface area contributed by atoms with Gasteiger partial charge >= 0.3 is 0 Å². The zero-order valence-corrected chi connectivity index (χ0v) is 12.6. The predicted octanol–water partition coefficient (Wildman–Crippen LogP) is 1.19. The lowest BCUT2D eigenvalue weighted by molar-refractivity contribution is 0.0958. The molecule has 2 rings (SSSR count). The third-order valence-corrected chi connectivity index (χ3v) is 3.68. The Labute approximate surface area is 127 Å². The van der Waals surface area contributed by atoms with Crippen LogP contribution in [-0.2, 0) is 13.5 Å². The van der Waals surface area contributed by atoms with Crippen LogP contribution >= 0.6 is 11.3 Å². The summed E-state index contributed by atoms with van der Waals surface area (Å²) in [6, 6.07) is 3.76. The summed E-state index contributed by atoms with van der Waals surface area (Å²) >= 11 is 1.37. The number of amides is 1. The van der Waals surface area contributed by atoms with Crippen LogP contribution in [0.25, 0.3) is 0 Å². The molecule has 2 heterocycles. The van der Waals surface area contributed by atoms with E-state index in [0.717, 1.165) is 5.69 Å². The van der Waals surface area contributed by atoms with Gasteiger partial charge in [-0.1, -0.05) is 11.8 Å². The molecule has 2 N–H and O–H groups in total. The number of hydrogen-bond donors (Lipinski definition) is 2. The van der Waals surface area contributed by atoms with Crippen molar-refractivity contribution >= 4 is 17.2 Å². The number of rotatable bonds is 5. The molecule has 0 saturated carbocycles. The molecule has 2 aromatic rings. The number of nitrogens with one attached hydrogen (secondary N) is 1. The normalized spacial score (nSPS) is 10.0. The Kier molecular flexibility index (Phi) is 5.55. The molecule has 0 aliphatic heterocycles. The van der Waals surface area contributed by atoms with Crippen LogP contribution in [0.1, 0.15) is 27.3 Å². The van der Waals surface area contributed by atoms with Crippen molar-refractivity contribution in [2.24, 2.45) is 7.05 Å². The van der Waals surface area contributed by atoms with Crippen molar-refractivity contribution in [1.29, 1.82) is 0 Å². The molecular weight excluding hydrogens is 286 g/mol. The summed E-state index contributed by atoms with van der Waals surface area (Å²) in [6.45, 7) is 0.569. The summed E-state index contributed by atoms with van der Waals surface area (Å²) in [5.41, 5.74) is 1.66. The maximum absolute atomic E-state index is 12.1. The van der Waals surface area contributed by atoms with E-state index in [1.54, 1.807) is 4.68 Å². The van der Waals surface area contributed by atoms with Crippen LogP contribution in [-0.4, -0.2) is 33.9 Å². The van der Waals surface area contributed by atoms with E-state index in [-0.39, 0.29) is 12.5 Å². The third kappa shape index (κ3) is 4.45. The number of carbonyl (C=O) groups is 1. The number of thiophene rings is 1. The fourth-order valence-corrected chi connectivity index (χ4v) is 2.54. The van der Waals surface area contributed by atoms with Crippen molar-refractivity contribution in [2.45, 2.75) is 12.8 Å². The summed E-state index contributed by atoms with van der Waals surface area (Å²) in [5.74, 6) is 5.63. The van der Waals surface area contributed by atoms with Gasteiger partial charge in [-0.3, -0.25) is 9.48 Å². The van der Waals surface area contributed by atoms with Crippen molar-refractivity contribution < 1.29 is 9.90 Å². The first-order valence-electron chi connectivity index (χ1n) is 6.64. The number of hydrogen-bond acceptors (Lipinski definition) is 4. The molecule has 1 amide bonds. The molecule has 21 heavy (non-hydrogen) atoms. The quantitative estimate of drug-likeness (QED) is 0.815. The third-order valence-electron chi connectivity index (χ3n) is 2.77. The zero-order chi connectivity index (χ0) is 15.1. The number of nitrogens with zero attached hydrogens (tertiary/aromatic N) is 2. The van der Waals surface area contributed by atoms with E-state index in [9.17, 15) is 4.79 Å². The molecule has 110 valence electrons. The Hall–Kier alpha value is -2.10. The van der Waals surface area contributed by atoms with E-state index in [0.29, 0.717) is 29.8 Å². The first-order chi connectivity index (χ1) is 10.2. The second kappa shape index (κ2) is 7.62. The highest BCUT2D eigenvalue weighted by molar-refractivity contribution is 7.12. The highest BCUT2D eigenvalue weighted by Gasteiger charge is 2.11. The molecule has 2 aromatic heterocycles. The maximum Gasteiger partial charge on any atom is 0.262 e. The van der Waals surface area contributed by atoms with Gasteiger partial charge in [0.2, 0.25) is 0 Å². The van der Waals surface area contributed by atoms with E-state index >= 15 is 0 Å². The van der Waals surface area contributed by atoms with Gasteiger partial charge in [-0.2, -0.15) is 5.10 Å². The summed E-state index contributed by atoms with van der Waals surface area (Å²) in [5, 5.41) is 17.7. The van der Waals surface area contributed by atoms with Gasteiger partial charge in [-0.05, 0) is 17.5 Å². The average molecular weight is 303 g/mol. The van der Waals surface area contributed by atoms with Crippen LogP contribution in [0.4, 0.5) is 0 Å². The molecule has 0 atom stereocenters. The Morgan fingerprint density at radius 1 is 1.52 bits per heavy atom. The Morgan fingerprint density at radius 2 is 2.38 bits per heavy atom. The molecule has 0 saturated heterocycles. The zero-order valence-electron chi connectivity index (χ0n) is 11.8. The largest absolute Gasteiger partial charge is 0.395 e. The van der Waals surface area contributed by atoms with E-state index in [1.807, 2.05) is 30.8 Å². The van der Waals surface area contributed by atoms with E-state index in [1.165, 1.54) is 11.3 Å². The van der Waals surface area contributed by atoms with Crippen LogP contribution in [0.5, 0.6) is 0 Å². The van der Waals surface area contributed by atoms with Crippen molar-refractivity contribution in [3.8, 4) is 11.8 Å². The van der Waals surface area contributed by atoms with E-state index in [4.69, 9.17) is 5.11 Å². The van der Waals surface area contributed by atoms with Gasteiger partial charge in [-0.25, -0.2) is 0 Å². The summed E-state index contributed by atoms with van der Waals surface area (Å²) in [4.78, 5) is 12.7. The highest BCUT2D eigenvalue weighted by atomic mass is 32.1. The minimum atomic E-state index is -0.116. The lowest BCUT2D eigenvalue weighted by atomic mass is 10.2. The Balaban J connectivity index is 1.89. The number of carbonyl (C=O) groups excluding carboxylic acids is 1. The molecule has 0 aromatic carbocycles. The van der Waals surface area contributed by atoms with Crippen molar-refractivity contribution in [3.63, 3.8) is 0 Å². The van der Waals surface area contributed by atoms with Crippen LogP contribution in [0.2, 0.25) is 0 Å².